The van der Waals surface area contributed by atoms with Gasteiger partial charge in [-0.3, -0.25) is 4.98 Å². The largest absolute Gasteiger partial charge is 0.398 e. The first-order chi connectivity index (χ1) is 8.27. The molecule has 3 rings (SSSR count). The Morgan fingerprint density at radius 3 is 2.94 bits per heavy atom. The Balaban J connectivity index is 2.45. The fraction of sp³-hybridized carbons (Fsp3) is 0. The summed E-state index contributed by atoms with van der Waals surface area (Å²) in [4.78, 5) is 8.10. The van der Waals surface area contributed by atoms with Crippen LogP contribution in [0.3, 0.4) is 0 Å². The summed E-state index contributed by atoms with van der Waals surface area (Å²) >= 11 is 0. The van der Waals surface area contributed by atoms with Crippen LogP contribution in [-0.2, 0) is 0 Å². The summed E-state index contributed by atoms with van der Waals surface area (Å²) < 4.78 is 15.6. The first kappa shape index (κ1) is 9.77. The number of nitrogens with zero attached hydrogens (tertiary/aromatic N) is 3. The molecule has 0 bridgehead atoms. The van der Waals surface area contributed by atoms with Crippen LogP contribution in [0.15, 0.2) is 43.1 Å². The zero-order valence-electron chi connectivity index (χ0n) is 8.84. The Kier molecular flexibility index (Phi) is 2.04. The Morgan fingerprint density at radius 1 is 1.29 bits per heavy atom. The maximum Gasteiger partial charge on any atom is 0.151 e. The minimum atomic E-state index is -0.410. The number of anilines is 1. The van der Waals surface area contributed by atoms with Crippen molar-refractivity contribution in [3.8, 4) is 5.69 Å². The smallest absolute Gasteiger partial charge is 0.151 e. The highest BCUT2D eigenvalue weighted by atomic mass is 19.1. The van der Waals surface area contributed by atoms with Crippen molar-refractivity contribution >= 4 is 16.6 Å². The molecule has 0 unspecified atom stereocenters. The number of nitrogen functional groups attached to an aromatic ring is 1. The third kappa shape index (κ3) is 1.44. The third-order valence-electron chi connectivity index (χ3n) is 2.61. The van der Waals surface area contributed by atoms with Crippen molar-refractivity contribution in [1.29, 1.82) is 0 Å². The van der Waals surface area contributed by atoms with Crippen molar-refractivity contribution in [3.05, 3.63) is 48.9 Å². The van der Waals surface area contributed by atoms with Gasteiger partial charge < -0.3 is 10.3 Å². The van der Waals surface area contributed by atoms with Gasteiger partial charge in [0.15, 0.2) is 5.82 Å². The Labute approximate surface area is 96.5 Å². The van der Waals surface area contributed by atoms with Gasteiger partial charge in [-0.1, -0.05) is 0 Å². The molecular weight excluding hydrogens is 219 g/mol. The molecule has 2 N–H and O–H groups in total. The predicted molar refractivity (Wildman–Crippen MR) is 63.2 cm³/mol. The zero-order chi connectivity index (χ0) is 11.8. The molecule has 0 amide bonds. The molecule has 4 nitrogen and oxygen atoms in total. The summed E-state index contributed by atoms with van der Waals surface area (Å²) in [6, 6.07) is 4.89. The second-order valence-corrected chi connectivity index (χ2v) is 3.67. The molecule has 3 aromatic rings. The first-order valence-electron chi connectivity index (χ1n) is 5.08. The first-order valence-corrected chi connectivity index (χ1v) is 5.08. The van der Waals surface area contributed by atoms with Gasteiger partial charge in [0, 0.05) is 29.7 Å². The highest BCUT2D eigenvalue weighted by molar-refractivity contribution is 5.95. The summed E-state index contributed by atoms with van der Waals surface area (Å²) in [7, 11) is 0. The SMILES string of the molecule is Nc1cc(F)c(-n2ccnc2)c2ncccc12. The Morgan fingerprint density at radius 2 is 2.18 bits per heavy atom. The molecule has 2 aromatic heterocycles. The number of nitrogens with two attached hydrogens (primary N) is 1. The van der Waals surface area contributed by atoms with Crippen molar-refractivity contribution in [2.24, 2.45) is 0 Å². The number of benzene rings is 1. The molecule has 0 spiro atoms. The highest BCUT2D eigenvalue weighted by Gasteiger charge is 2.12. The van der Waals surface area contributed by atoms with Crippen molar-refractivity contribution in [2.75, 3.05) is 5.73 Å². The molecule has 0 aliphatic carbocycles. The van der Waals surface area contributed by atoms with Crippen LogP contribution >= 0.6 is 0 Å². The summed E-state index contributed by atoms with van der Waals surface area (Å²) in [6.07, 6.45) is 6.40. The number of imidazole rings is 1. The lowest BCUT2D eigenvalue weighted by Gasteiger charge is -2.09. The van der Waals surface area contributed by atoms with Crippen molar-refractivity contribution in [3.63, 3.8) is 0 Å². The van der Waals surface area contributed by atoms with Crippen LogP contribution in [0.2, 0.25) is 0 Å². The lowest BCUT2D eigenvalue weighted by molar-refractivity contribution is 0.620. The molecule has 1 aromatic carbocycles. The second kappa shape index (κ2) is 3.55. The lowest BCUT2D eigenvalue weighted by atomic mass is 10.1. The van der Waals surface area contributed by atoms with Gasteiger partial charge in [0.05, 0.1) is 11.8 Å². The van der Waals surface area contributed by atoms with Crippen LogP contribution in [-0.4, -0.2) is 14.5 Å². The van der Waals surface area contributed by atoms with E-state index in [4.69, 9.17) is 5.73 Å². The van der Waals surface area contributed by atoms with Gasteiger partial charge in [0.25, 0.3) is 0 Å². The molecule has 84 valence electrons. The molecule has 0 saturated heterocycles. The van der Waals surface area contributed by atoms with E-state index in [2.05, 4.69) is 9.97 Å². The maximum absolute atomic E-state index is 14.0. The summed E-state index contributed by atoms with van der Waals surface area (Å²) in [5.41, 5.74) is 7.06. The maximum atomic E-state index is 14.0. The molecule has 5 heteroatoms. The van der Waals surface area contributed by atoms with E-state index in [0.29, 0.717) is 16.9 Å². The lowest BCUT2D eigenvalue weighted by Crippen LogP contribution is -2.00. The van der Waals surface area contributed by atoms with Crippen LogP contribution < -0.4 is 5.73 Å². The quantitative estimate of drug-likeness (QED) is 0.649. The number of fused-ring (bicyclic) bond motifs is 1. The van der Waals surface area contributed by atoms with Crippen LogP contribution in [0.25, 0.3) is 16.6 Å². The summed E-state index contributed by atoms with van der Waals surface area (Å²) in [6.45, 7) is 0. The minimum Gasteiger partial charge on any atom is -0.398 e. The molecule has 0 saturated carbocycles. The van der Waals surface area contributed by atoms with E-state index in [9.17, 15) is 4.39 Å². The highest BCUT2D eigenvalue weighted by Crippen LogP contribution is 2.28. The normalized spacial score (nSPS) is 10.9. The molecule has 0 atom stereocenters. The Bertz CT molecular complexity index is 676. The monoisotopic (exact) mass is 228 g/mol. The molecule has 0 aliphatic rings. The van der Waals surface area contributed by atoms with E-state index >= 15 is 0 Å². The van der Waals surface area contributed by atoms with Gasteiger partial charge in [-0.15, -0.1) is 0 Å². The van der Waals surface area contributed by atoms with E-state index in [-0.39, 0.29) is 0 Å². The molecule has 0 aliphatic heterocycles. The number of hydrogen-bond donors (Lipinski definition) is 1. The third-order valence-corrected chi connectivity index (χ3v) is 2.61. The molecule has 17 heavy (non-hydrogen) atoms. The summed E-state index contributed by atoms with van der Waals surface area (Å²) in [5, 5.41) is 0.734. The number of aromatic nitrogens is 3. The fourth-order valence-electron chi connectivity index (χ4n) is 1.86. The molecular formula is C12H9FN4. The van der Waals surface area contributed by atoms with Crippen LogP contribution in [0.1, 0.15) is 0 Å². The van der Waals surface area contributed by atoms with E-state index in [1.165, 1.54) is 12.4 Å². The van der Waals surface area contributed by atoms with Crippen LogP contribution in [0.5, 0.6) is 0 Å². The van der Waals surface area contributed by atoms with Gasteiger partial charge in [0.2, 0.25) is 0 Å². The van der Waals surface area contributed by atoms with Gasteiger partial charge in [0.1, 0.15) is 5.69 Å². The van der Waals surface area contributed by atoms with E-state index in [0.717, 1.165) is 5.39 Å². The van der Waals surface area contributed by atoms with Crippen molar-refractivity contribution < 1.29 is 4.39 Å². The number of pyridine rings is 1. The van der Waals surface area contributed by atoms with Crippen molar-refractivity contribution in [1.82, 2.24) is 14.5 Å². The van der Waals surface area contributed by atoms with E-state index in [1.54, 1.807) is 29.2 Å². The summed E-state index contributed by atoms with van der Waals surface area (Å²) in [5.74, 6) is -0.410. The molecule has 0 fully saturated rings. The van der Waals surface area contributed by atoms with Gasteiger partial charge in [-0.2, -0.15) is 0 Å². The standard InChI is InChI=1S/C12H9FN4/c13-9-6-10(14)8-2-1-3-16-11(8)12(9)17-5-4-15-7-17/h1-7H,14H2. The average Bonchev–Trinajstić information content (AvgIpc) is 2.83. The van der Waals surface area contributed by atoms with E-state index < -0.39 is 5.82 Å². The second-order valence-electron chi connectivity index (χ2n) is 3.67. The van der Waals surface area contributed by atoms with Gasteiger partial charge in [-0.25, -0.2) is 9.37 Å². The van der Waals surface area contributed by atoms with Crippen LogP contribution in [0, 0.1) is 5.82 Å². The molecule has 0 radical (unpaired) electrons. The zero-order valence-corrected chi connectivity index (χ0v) is 8.84. The van der Waals surface area contributed by atoms with E-state index in [1.807, 2.05) is 6.07 Å². The number of rotatable bonds is 1. The van der Waals surface area contributed by atoms with Gasteiger partial charge in [-0.05, 0) is 18.2 Å². The van der Waals surface area contributed by atoms with Gasteiger partial charge >= 0.3 is 0 Å². The Hall–Kier alpha value is -2.43. The number of halogens is 1. The topological polar surface area (TPSA) is 56.7 Å². The number of hydrogen-bond acceptors (Lipinski definition) is 3. The average molecular weight is 228 g/mol. The van der Waals surface area contributed by atoms with Crippen molar-refractivity contribution in [2.45, 2.75) is 0 Å². The van der Waals surface area contributed by atoms with Crippen LogP contribution in [0.4, 0.5) is 10.1 Å². The predicted octanol–water partition coefficient (Wildman–Crippen LogP) is 2.14. The fourth-order valence-corrected chi connectivity index (χ4v) is 1.86. The minimum absolute atomic E-state index is 0.368. The molecule has 2 heterocycles.